The van der Waals surface area contributed by atoms with Crippen molar-refractivity contribution in [2.24, 2.45) is 22.9 Å². The van der Waals surface area contributed by atoms with Crippen LogP contribution in [-0.4, -0.2) is 86.2 Å². The second-order valence-electron chi connectivity index (χ2n) is 13.1. The quantitative estimate of drug-likeness (QED) is 0.0703. The number of nitrogens with zero attached hydrogens (tertiary/aromatic N) is 2. The van der Waals surface area contributed by atoms with Gasteiger partial charge in [-0.05, 0) is 75.9 Å². The minimum atomic E-state index is -0.503. The molecule has 48 heavy (non-hydrogen) atoms. The van der Waals surface area contributed by atoms with Crippen LogP contribution >= 0.6 is 0 Å². The Bertz CT molecular complexity index is 846. The SMILES string of the molecule is CCCCCCCCN(CCOc1ccc(OCCN(CCCCCCCC)C(=O)[C@@H](N)CCCCN)cc1)C(=O)[C@@H](N)CCCCN. The average molecular weight is 677 g/mol. The first-order chi connectivity index (χ1) is 23.4. The fourth-order valence-electron chi connectivity index (χ4n) is 5.74. The maximum Gasteiger partial charge on any atom is 0.239 e. The molecule has 2 atom stereocenters. The minimum Gasteiger partial charge on any atom is -0.492 e. The molecule has 10 heteroatoms. The number of nitrogens with two attached hydrogens (primary N) is 4. The molecule has 0 radical (unpaired) electrons. The van der Waals surface area contributed by atoms with E-state index in [1.807, 2.05) is 34.1 Å². The summed E-state index contributed by atoms with van der Waals surface area (Å²) >= 11 is 0. The summed E-state index contributed by atoms with van der Waals surface area (Å²) in [5, 5.41) is 0. The van der Waals surface area contributed by atoms with Crippen molar-refractivity contribution < 1.29 is 19.1 Å². The van der Waals surface area contributed by atoms with E-state index < -0.39 is 12.1 Å². The molecule has 0 fully saturated rings. The highest BCUT2D eigenvalue weighted by Crippen LogP contribution is 2.18. The summed E-state index contributed by atoms with van der Waals surface area (Å²) in [6, 6.07) is 6.50. The van der Waals surface area contributed by atoms with Crippen molar-refractivity contribution in [3.05, 3.63) is 24.3 Å². The summed E-state index contributed by atoms with van der Waals surface area (Å²) in [5.74, 6) is 1.41. The van der Waals surface area contributed by atoms with Crippen LogP contribution in [0.1, 0.15) is 129 Å². The Balaban J connectivity index is 2.62. The molecule has 0 aliphatic rings. The Morgan fingerprint density at radius 3 is 1.25 bits per heavy atom. The van der Waals surface area contributed by atoms with Crippen LogP contribution in [0.3, 0.4) is 0 Å². The van der Waals surface area contributed by atoms with E-state index in [9.17, 15) is 9.59 Å². The number of unbranched alkanes of at least 4 members (excludes halogenated alkanes) is 12. The predicted molar refractivity (Wildman–Crippen MR) is 199 cm³/mol. The van der Waals surface area contributed by atoms with Crippen molar-refractivity contribution >= 4 is 11.8 Å². The highest BCUT2D eigenvalue weighted by molar-refractivity contribution is 5.82. The molecule has 0 aliphatic carbocycles. The lowest BCUT2D eigenvalue weighted by Gasteiger charge is -2.26. The van der Waals surface area contributed by atoms with Crippen LogP contribution in [-0.2, 0) is 9.59 Å². The Morgan fingerprint density at radius 2 is 0.896 bits per heavy atom. The molecule has 1 rings (SSSR count). The van der Waals surface area contributed by atoms with Crippen molar-refractivity contribution in [2.45, 2.75) is 142 Å². The highest BCUT2D eigenvalue weighted by atomic mass is 16.5. The van der Waals surface area contributed by atoms with Gasteiger partial charge in [-0.1, -0.05) is 90.9 Å². The molecular formula is C38H72N6O4. The fourth-order valence-corrected chi connectivity index (χ4v) is 5.74. The van der Waals surface area contributed by atoms with Crippen molar-refractivity contribution in [1.82, 2.24) is 9.80 Å². The average Bonchev–Trinajstić information content (AvgIpc) is 3.09. The number of carbonyl (C=O) groups excluding carboxylic acids is 2. The molecule has 0 bridgehead atoms. The van der Waals surface area contributed by atoms with Crippen LogP contribution in [0, 0.1) is 0 Å². The van der Waals surface area contributed by atoms with E-state index in [1.54, 1.807) is 0 Å². The van der Waals surface area contributed by atoms with E-state index in [-0.39, 0.29) is 11.8 Å². The smallest absolute Gasteiger partial charge is 0.239 e. The lowest BCUT2D eigenvalue weighted by atomic mass is 10.1. The van der Waals surface area contributed by atoms with E-state index >= 15 is 0 Å². The molecule has 0 aliphatic heterocycles. The lowest BCUT2D eigenvalue weighted by Crippen LogP contribution is -2.45. The van der Waals surface area contributed by atoms with Crippen LogP contribution in [0.15, 0.2) is 24.3 Å². The summed E-state index contributed by atoms with van der Waals surface area (Å²) < 4.78 is 12.0. The molecule has 0 saturated carbocycles. The van der Waals surface area contributed by atoms with E-state index in [2.05, 4.69) is 13.8 Å². The van der Waals surface area contributed by atoms with Crippen LogP contribution in [0.25, 0.3) is 0 Å². The molecular weight excluding hydrogens is 604 g/mol. The zero-order chi connectivity index (χ0) is 35.2. The normalized spacial score (nSPS) is 12.5. The van der Waals surface area contributed by atoms with Gasteiger partial charge in [0.15, 0.2) is 0 Å². The molecule has 8 N–H and O–H groups in total. The van der Waals surface area contributed by atoms with Crippen molar-refractivity contribution in [1.29, 1.82) is 0 Å². The van der Waals surface area contributed by atoms with E-state index in [0.717, 1.165) is 51.4 Å². The number of rotatable bonds is 32. The minimum absolute atomic E-state index is 0.00605. The third kappa shape index (κ3) is 20.9. The van der Waals surface area contributed by atoms with Gasteiger partial charge in [0.2, 0.25) is 11.8 Å². The maximum atomic E-state index is 13.2. The Hall–Kier alpha value is -2.40. The maximum absolute atomic E-state index is 13.2. The third-order valence-corrected chi connectivity index (χ3v) is 8.84. The van der Waals surface area contributed by atoms with Gasteiger partial charge in [0.25, 0.3) is 0 Å². The molecule has 10 nitrogen and oxygen atoms in total. The standard InChI is InChI=1S/C38H72N6O4/c1-3-5-7-9-11-17-27-43(37(45)35(41)19-13-15-25-39)29-31-47-33-21-23-34(24-22-33)48-32-30-44(28-18-12-10-8-6-4-2)38(46)36(42)20-14-16-26-40/h21-24,35-36H,3-20,25-32,39-42H2,1-2H3/t35-,36-/m0/s1. The Kier molecular flexibility index (Phi) is 26.8. The van der Waals surface area contributed by atoms with Crippen LogP contribution < -0.4 is 32.4 Å². The fraction of sp³-hybridized carbons (Fsp3) is 0.789. The lowest BCUT2D eigenvalue weighted by molar-refractivity contribution is -0.134. The summed E-state index contributed by atoms with van der Waals surface area (Å²) in [6.07, 6.45) is 18.8. The molecule has 1 aromatic rings. The van der Waals surface area contributed by atoms with E-state index in [1.165, 1.54) is 51.4 Å². The van der Waals surface area contributed by atoms with E-state index in [0.29, 0.717) is 76.8 Å². The van der Waals surface area contributed by atoms with Crippen molar-refractivity contribution in [2.75, 3.05) is 52.5 Å². The molecule has 0 aromatic heterocycles. The first-order valence-corrected chi connectivity index (χ1v) is 19.2. The van der Waals surface area contributed by atoms with Crippen LogP contribution in [0.2, 0.25) is 0 Å². The predicted octanol–water partition coefficient (Wildman–Crippen LogP) is 5.74. The van der Waals surface area contributed by atoms with Gasteiger partial charge in [0.1, 0.15) is 24.7 Å². The van der Waals surface area contributed by atoms with Gasteiger partial charge in [-0.15, -0.1) is 0 Å². The van der Waals surface area contributed by atoms with Crippen LogP contribution in [0.4, 0.5) is 0 Å². The van der Waals surface area contributed by atoms with Crippen molar-refractivity contribution in [3.63, 3.8) is 0 Å². The van der Waals surface area contributed by atoms with Gasteiger partial charge in [0.05, 0.1) is 25.2 Å². The number of hydrogen-bond acceptors (Lipinski definition) is 8. The van der Waals surface area contributed by atoms with Gasteiger partial charge in [0, 0.05) is 13.1 Å². The number of hydrogen-bond donors (Lipinski definition) is 4. The number of benzene rings is 1. The summed E-state index contributed by atoms with van der Waals surface area (Å²) in [4.78, 5) is 30.0. The third-order valence-electron chi connectivity index (χ3n) is 8.84. The number of carbonyl (C=O) groups is 2. The van der Waals surface area contributed by atoms with Crippen LogP contribution in [0.5, 0.6) is 11.5 Å². The van der Waals surface area contributed by atoms with Gasteiger partial charge in [-0.2, -0.15) is 0 Å². The number of ether oxygens (including phenoxy) is 2. The zero-order valence-electron chi connectivity index (χ0n) is 30.7. The molecule has 2 amide bonds. The highest BCUT2D eigenvalue weighted by Gasteiger charge is 2.22. The molecule has 1 aromatic carbocycles. The second-order valence-corrected chi connectivity index (χ2v) is 13.1. The summed E-state index contributed by atoms with van der Waals surface area (Å²) in [7, 11) is 0. The Labute approximate surface area is 293 Å². The van der Waals surface area contributed by atoms with Gasteiger partial charge < -0.3 is 42.2 Å². The molecule has 0 spiro atoms. The van der Waals surface area contributed by atoms with Gasteiger partial charge in [-0.3, -0.25) is 9.59 Å². The first kappa shape index (κ1) is 43.6. The molecule has 0 unspecified atom stereocenters. The zero-order valence-corrected chi connectivity index (χ0v) is 30.7. The van der Waals surface area contributed by atoms with Gasteiger partial charge >= 0.3 is 0 Å². The summed E-state index contributed by atoms with van der Waals surface area (Å²) in [5.41, 5.74) is 23.8. The van der Waals surface area contributed by atoms with Gasteiger partial charge in [-0.25, -0.2) is 0 Å². The summed E-state index contributed by atoms with van der Waals surface area (Å²) in [6.45, 7) is 8.81. The Morgan fingerprint density at radius 1 is 0.542 bits per heavy atom. The molecule has 278 valence electrons. The molecule has 0 saturated heterocycles. The van der Waals surface area contributed by atoms with E-state index in [4.69, 9.17) is 32.4 Å². The largest absolute Gasteiger partial charge is 0.492 e. The second kappa shape index (κ2) is 29.5. The topological polar surface area (TPSA) is 163 Å². The number of amides is 2. The first-order valence-electron chi connectivity index (χ1n) is 19.2. The van der Waals surface area contributed by atoms with Crippen molar-refractivity contribution in [3.8, 4) is 11.5 Å². The monoisotopic (exact) mass is 677 g/mol. The molecule has 0 heterocycles.